The highest BCUT2D eigenvalue weighted by atomic mass is 32.2. The van der Waals surface area contributed by atoms with Crippen LogP contribution in [-0.2, 0) is 10.0 Å². The van der Waals surface area contributed by atoms with Gasteiger partial charge in [0, 0.05) is 11.3 Å². The van der Waals surface area contributed by atoms with Gasteiger partial charge in [0.2, 0.25) is 6.79 Å². The van der Waals surface area contributed by atoms with E-state index in [0.29, 0.717) is 22.7 Å². The van der Waals surface area contributed by atoms with Crippen molar-refractivity contribution in [1.82, 2.24) is 5.32 Å². The van der Waals surface area contributed by atoms with Crippen molar-refractivity contribution < 1.29 is 22.7 Å². The number of ether oxygens (including phenoxy) is 2. The zero-order valence-corrected chi connectivity index (χ0v) is 18.1. The summed E-state index contributed by atoms with van der Waals surface area (Å²) in [5.41, 5.74) is 2.45. The SMILES string of the molecule is CC(NC(=O)c1ccc(NS(=O)(=O)/C=C/c2ccccc2)cc1)c1ccc2c(c1)OCO2. The molecule has 3 aromatic carbocycles. The minimum Gasteiger partial charge on any atom is -0.454 e. The molecule has 0 bridgehead atoms. The molecule has 4 rings (SSSR count). The summed E-state index contributed by atoms with van der Waals surface area (Å²) in [6.45, 7) is 2.06. The van der Waals surface area contributed by atoms with Gasteiger partial charge in [-0.05, 0) is 60.5 Å². The summed E-state index contributed by atoms with van der Waals surface area (Å²) in [4.78, 5) is 12.6. The fourth-order valence-corrected chi connectivity index (χ4v) is 4.03. The van der Waals surface area contributed by atoms with Crippen LogP contribution in [0.5, 0.6) is 11.5 Å². The molecule has 3 aromatic rings. The first-order chi connectivity index (χ1) is 15.4. The van der Waals surface area contributed by atoms with Gasteiger partial charge in [-0.3, -0.25) is 9.52 Å². The lowest BCUT2D eigenvalue weighted by atomic mass is 10.1. The lowest BCUT2D eigenvalue weighted by molar-refractivity contribution is 0.0940. The second-order valence-electron chi connectivity index (χ2n) is 7.25. The van der Waals surface area contributed by atoms with Crippen LogP contribution in [0.15, 0.2) is 78.2 Å². The number of hydrogen-bond donors (Lipinski definition) is 2. The molecule has 2 N–H and O–H groups in total. The normalized spacial score (nSPS) is 13.7. The van der Waals surface area contributed by atoms with Crippen LogP contribution in [0.1, 0.15) is 34.5 Å². The van der Waals surface area contributed by atoms with Crippen molar-refractivity contribution in [3.05, 3.63) is 94.9 Å². The van der Waals surface area contributed by atoms with Gasteiger partial charge in [-0.15, -0.1) is 0 Å². The van der Waals surface area contributed by atoms with Crippen molar-refractivity contribution in [3.8, 4) is 11.5 Å². The number of amides is 1. The van der Waals surface area contributed by atoms with Crippen LogP contribution in [0.2, 0.25) is 0 Å². The Balaban J connectivity index is 1.37. The smallest absolute Gasteiger partial charge is 0.255 e. The average Bonchev–Trinajstić information content (AvgIpc) is 3.26. The quantitative estimate of drug-likeness (QED) is 0.559. The number of carbonyl (C=O) groups excluding carboxylic acids is 1. The molecule has 1 heterocycles. The molecule has 7 nitrogen and oxygen atoms in total. The third-order valence-corrected chi connectivity index (χ3v) is 5.91. The number of rotatable bonds is 7. The highest BCUT2D eigenvalue weighted by Gasteiger charge is 2.17. The van der Waals surface area contributed by atoms with Gasteiger partial charge in [-0.2, -0.15) is 0 Å². The summed E-state index contributed by atoms with van der Waals surface area (Å²) in [5, 5.41) is 4.03. The first kappa shape index (κ1) is 21.5. The molecule has 0 spiro atoms. The molecule has 32 heavy (non-hydrogen) atoms. The standard InChI is InChI=1S/C24H22N2O5S/c1-17(20-9-12-22-23(15-20)31-16-30-22)25-24(27)19-7-10-21(11-8-19)26-32(28,29)14-13-18-5-3-2-4-6-18/h2-15,17,26H,16H2,1H3,(H,25,27)/b14-13+. The van der Waals surface area contributed by atoms with Gasteiger partial charge in [-0.1, -0.05) is 36.4 Å². The van der Waals surface area contributed by atoms with E-state index in [9.17, 15) is 13.2 Å². The first-order valence-corrected chi connectivity index (χ1v) is 11.5. The Morgan fingerprint density at radius 3 is 2.44 bits per heavy atom. The monoisotopic (exact) mass is 450 g/mol. The van der Waals surface area contributed by atoms with Gasteiger partial charge in [-0.25, -0.2) is 8.42 Å². The highest BCUT2D eigenvalue weighted by molar-refractivity contribution is 7.95. The van der Waals surface area contributed by atoms with E-state index in [1.54, 1.807) is 24.3 Å². The number of carbonyl (C=O) groups is 1. The van der Waals surface area contributed by atoms with Crippen molar-refractivity contribution in [2.24, 2.45) is 0 Å². The molecule has 1 aliphatic heterocycles. The maximum atomic E-state index is 12.6. The Kier molecular flexibility index (Phi) is 6.13. The molecule has 0 radical (unpaired) electrons. The van der Waals surface area contributed by atoms with Crippen LogP contribution < -0.4 is 19.5 Å². The third kappa shape index (κ3) is 5.28. The van der Waals surface area contributed by atoms with Crippen LogP contribution in [0.25, 0.3) is 6.08 Å². The molecule has 1 unspecified atom stereocenters. The van der Waals surface area contributed by atoms with Crippen molar-refractivity contribution in [3.63, 3.8) is 0 Å². The number of fused-ring (bicyclic) bond motifs is 1. The van der Waals surface area contributed by atoms with Gasteiger partial charge >= 0.3 is 0 Å². The zero-order chi connectivity index (χ0) is 22.6. The number of nitrogens with one attached hydrogen (secondary N) is 2. The molecular weight excluding hydrogens is 428 g/mol. The second kappa shape index (κ2) is 9.15. The molecular formula is C24H22N2O5S. The predicted molar refractivity (Wildman–Crippen MR) is 123 cm³/mol. The summed E-state index contributed by atoms with van der Waals surface area (Å²) < 4.78 is 37.7. The molecule has 1 aliphatic rings. The van der Waals surface area contributed by atoms with Crippen LogP contribution in [-0.4, -0.2) is 21.1 Å². The molecule has 0 fully saturated rings. The maximum Gasteiger partial charge on any atom is 0.255 e. The van der Waals surface area contributed by atoms with E-state index in [1.807, 2.05) is 55.5 Å². The number of hydrogen-bond acceptors (Lipinski definition) is 5. The van der Waals surface area contributed by atoms with E-state index < -0.39 is 10.0 Å². The van der Waals surface area contributed by atoms with Crippen LogP contribution in [0.3, 0.4) is 0 Å². The largest absolute Gasteiger partial charge is 0.454 e. The topological polar surface area (TPSA) is 93.7 Å². The Labute approximate surface area is 186 Å². The summed E-state index contributed by atoms with van der Waals surface area (Å²) in [7, 11) is -3.68. The molecule has 0 saturated carbocycles. The zero-order valence-electron chi connectivity index (χ0n) is 17.3. The summed E-state index contributed by atoms with van der Waals surface area (Å²) >= 11 is 0. The van der Waals surface area contributed by atoms with E-state index in [0.717, 1.165) is 16.5 Å². The lowest BCUT2D eigenvalue weighted by Gasteiger charge is -2.15. The lowest BCUT2D eigenvalue weighted by Crippen LogP contribution is -2.26. The second-order valence-corrected chi connectivity index (χ2v) is 8.81. The minimum absolute atomic E-state index is 0.192. The Morgan fingerprint density at radius 1 is 0.969 bits per heavy atom. The van der Waals surface area contributed by atoms with E-state index in [1.165, 1.54) is 6.08 Å². The molecule has 0 aromatic heterocycles. The van der Waals surface area contributed by atoms with Gasteiger partial charge in [0.1, 0.15) is 0 Å². The van der Waals surface area contributed by atoms with Gasteiger partial charge in [0.25, 0.3) is 15.9 Å². The van der Waals surface area contributed by atoms with Crippen molar-refractivity contribution in [2.45, 2.75) is 13.0 Å². The molecule has 0 aliphatic carbocycles. The first-order valence-electron chi connectivity index (χ1n) is 9.96. The number of sulfonamides is 1. The van der Waals surface area contributed by atoms with Gasteiger partial charge in [0.15, 0.2) is 11.5 Å². The number of benzene rings is 3. The van der Waals surface area contributed by atoms with E-state index >= 15 is 0 Å². The van der Waals surface area contributed by atoms with Gasteiger partial charge in [0.05, 0.1) is 11.4 Å². The molecule has 164 valence electrons. The fourth-order valence-electron chi connectivity index (χ4n) is 3.17. The average molecular weight is 451 g/mol. The van der Waals surface area contributed by atoms with Crippen molar-refractivity contribution in [1.29, 1.82) is 0 Å². The Morgan fingerprint density at radius 2 is 1.69 bits per heavy atom. The summed E-state index contributed by atoms with van der Waals surface area (Å²) in [6.07, 6.45) is 1.52. The van der Waals surface area contributed by atoms with Crippen molar-refractivity contribution >= 4 is 27.7 Å². The molecule has 8 heteroatoms. The predicted octanol–water partition coefficient (Wildman–Crippen LogP) is 4.32. The fraction of sp³-hybridized carbons (Fsp3) is 0.125. The van der Waals surface area contributed by atoms with E-state index in [4.69, 9.17) is 9.47 Å². The highest BCUT2D eigenvalue weighted by Crippen LogP contribution is 2.34. The van der Waals surface area contributed by atoms with Crippen molar-refractivity contribution in [2.75, 3.05) is 11.5 Å². The summed E-state index contributed by atoms with van der Waals surface area (Å²) in [6, 6.07) is 20.7. The molecule has 0 saturated heterocycles. The van der Waals surface area contributed by atoms with Crippen LogP contribution in [0, 0.1) is 0 Å². The molecule has 1 amide bonds. The Hall–Kier alpha value is -3.78. The maximum absolute atomic E-state index is 12.6. The molecule has 1 atom stereocenters. The van der Waals surface area contributed by atoms with Gasteiger partial charge < -0.3 is 14.8 Å². The summed E-state index contributed by atoms with van der Waals surface area (Å²) in [5.74, 6) is 1.07. The minimum atomic E-state index is -3.68. The van der Waals surface area contributed by atoms with Crippen LogP contribution in [0.4, 0.5) is 5.69 Å². The Bertz CT molecular complexity index is 1240. The van der Waals surface area contributed by atoms with Crippen LogP contribution >= 0.6 is 0 Å². The number of anilines is 1. The van der Waals surface area contributed by atoms with E-state index in [-0.39, 0.29) is 18.7 Å². The van der Waals surface area contributed by atoms with E-state index in [2.05, 4.69) is 10.0 Å². The third-order valence-electron chi connectivity index (χ3n) is 4.89.